The summed E-state index contributed by atoms with van der Waals surface area (Å²) >= 11 is 7.24. The number of nitrogens with zero attached hydrogens (tertiary/aromatic N) is 3. The molecule has 1 N–H and O–H groups in total. The summed E-state index contributed by atoms with van der Waals surface area (Å²) in [6, 6.07) is 14.6. The molecule has 0 saturated carbocycles. The summed E-state index contributed by atoms with van der Waals surface area (Å²) < 4.78 is 12.7. The average molecular weight is 392 g/mol. The molecule has 1 unspecified atom stereocenters. The predicted molar refractivity (Wildman–Crippen MR) is 102 cm³/mol. The molecule has 3 rings (SSSR count). The van der Waals surface area contributed by atoms with Crippen LogP contribution in [0.15, 0.2) is 60.0 Å². The summed E-state index contributed by atoms with van der Waals surface area (Å²) in [4.78, 5) is 0. The third-order valence-electron chi connectivity index (χ3n) is 3.51. The third-order valence-corrected chi connectivity index (χ3v) is 4.85. The van der Waals surface area contributed by atoms with E-state index in [9.17, 15) is 5.11 Å². The fourth-order valence-corrected chi connectivity index (χ4v) is 3.16. The van der Waals surface area contributed by atoms with E-state index >= 15 is 0 Å². The smallest absolute Gasteiger partial charge is 0.195 e. The van der Waals surface area contributed by atoms with Crippen molar-refractivity contribution in [3.8, 4) is 17.2 Å². The van der Waals surface area contributed by atoms with E-state index in [0.29, 0.717) is 21.7 Å². The van der Waals surface area contributed by atoms with Gasteiger partial charge in [0.05, 0.1) is 18.9 Å². The number of thioether (sulfide) groups is 1. The molecule has 0 aliphatic rings. The Morgan fingerprint density at radius 1 is 1.19 bits per heavy atom. The average Bonchev–Trinajstić information content (AvgIpc) is 3.14. The predicted octanol–water partition coefficient (Wildman–Crippen LogP) is 3.46. The van der Waals surface area contributed by atoms with Crippen LogP contribution < -0.4 is 9.47 Å². The highest BCUT2D eigenvalue weighted by Gasteiger charge is 2.12. The first-order chi connectivity index (χ1) is 12.7. The van der Waals surface area contributed by atoms with Crippen molar-refractivity contribution < 1.29 is 14.6 Å². The van der Waals surface area contributed by atoms with Crippen molar-refractivity contribution in [1.29, 1.82) is 0 Å². The minimum atomic E-state index is -0.647. The lowest BCUT2D eigenvalue weighted by Gasteiger charge is -2.12. The summed E-state index contributed by atoms with van der Waals surface area (Å²) in [5, 5.41) is 19.6. The molecule has 3 aromatic rings. The van der Waals surface area contributed by atoms with Crippen LogP contribution in [0.5, 0.6) is 11.5 Å². The maximum Gasteiger partial charge on any atom is 0.195 e. The Kier molecular flexibility index (Phi) is 6.38. The second-order valence-corrected chi connectivity index (χ2v) is 6.84. The molecule has 0 bridgehead atoms. The molecule has 0 fully saturated rings. The molecule has 0 spiro atoms. The minimum Gasteiger partial charge on any atom is -0.497 e. The van der Waals surface area contributed by atoms with E-state index in [1.807, 2.05) is 28.8 Å². The van der Waals surface area contributed by atoms with Crippen LogP contribution in [-0.4, -0.2) is 45.4 Å². The number of rotatable bonds is 8. The molecule has 1 atom stereocenters. The van der Waals surface area contributed by atoms with Gasteiger partial charge in [-0.25, -0.2) is 0 Å². The van der Waals surface area contributed by atoms with Crippen LogP contribution in [0.1, 0.15) is 0 Å². The second-order valence-electron chi connectivity index (χ2n) is 5.41. The molecular formula is C18H18ClN3O3S. The van der Waals surface area contributed by atoms with Gasteiger partial charge in [-0.05, 0) is 36.4 Å². The van der Waals surface area contributed by atoms with Crippen molar-refractivity contribution in [2.45, 2.75) is 11.3 Å². The molecule has 6 nitrogen and oxygen atoms in total. The molecule has 0 amide bonds. The van der Waals surface area contributed by atoms with Gasteiger partial charge in [0.25, 0.3) is 0 Å². The second kappa shape index (κ2) is 8.93. The number of aromatic nitrogens is 3. The molecule has 0 saturated heterocycles. The first kappa shape index (κ1) is 18.6. The largest absolute Gasteiger partial charge is 0.497 e. The van der Waals surface area contributed by atoms with Crippen LogP contribution in [0.25, 0.3) is 5.69 Å². The van der Waals surface area contributed by atoms with Gasteiger partial charge in [-0.3, -0.25) is 4.57 Å². The topological polar surface area (TPSA) is 69.4 Å². The Labute approximate surface area is 160 Å². The van der Waals surface area contributed by atoms with Crippen LogP contribution in [0.3, 0.4) is 0 Å². The van der Waals surface area contributed by atoms with Crippen LogP contribution >= 0.6 is 23.4 Å². The van der Waals surface area contributed by atoms with E-state index in [2.05, 4.69) is 10.2 Å². The first-order valence-electron chi connectivity index (χ1n) is 7.89. The molecule has 0 aliphatic heterocycles. The Balaban J connectivity index is 1.56. The van der Waals surface area contributed by atoms with Gasteiger partial charge in [0.1, 0.15) is 24.4 Å². The minimum absolute atomic E-state index is 0.182. The van der Waals surface area contributed by atoms with Gasteiger partial charge in [-0.1, -0.05) is 29.4 Å². The third kappa shape index (κ3) is 4.91. The summed E-state index contributed by atoms with van der Waals surface area (Å²) in [6.07, 6.45) is 0.986. The fourth-order valence-electron chi connectivity index (χ4n) is 2.20. The molecule has 2 aromatic carbocycles. The summed E-state index contributed by atoms with van der Waals surface area (Å²) in [5.74, 6) is 1.84. The summed E-state index contributed by atoms with van der Waals surface area (Å²) in [7, 11) is 1.62. The van der Waals surface area contributed by atoms with E-state index in [1.165, 1.54) is 11.8 Å². The quantitative estimate of drug-likeness (QED) is 0.593. The molecule has 8 heteroatoms. The van der Waals surface area contributed by atoms with Gasteiger partial charge in [0.2, 0.25) is 0 Å². The van der Waals surface area contributed by atoms with Gasteiger partial charge >= 0.3 is 0 Å². The van der Waals surface area contributed by atoms with E-state index in [4.69, 9.17) is 21.1 Å². The van der Waals surface area contributed by atoms with Crippen molar-refractivity contribution in [1.82, 2.24) is 14.8 Å². The van der Waals surface area contributed by atoms with E-state index < -0.39 is 6.10 Å². The highest BCUT2D eigenvalue weighted by molar-refractivity contribution is 7.99. The number of aliphatic hydroxyl groups excluding tert-OH is 1. The van der Waals surface area contributed by atoms with Crippen LogP contribution in [0.4, 0.5) is 0 Å². The Morgan fingerprint density at radius 3 is 2.77 bits per heavy atom. The monoisotopic (exact) mass is 391 g/mol. The van der Waals surface area contributed by atoms with Crippen LogP contribution in [0.2, 0.25) is 5.02 Å². The Hall–Kier alpha value is -2.22. The van der Waals surface area contributed by atoms with E-state index in [-0.39, 0.29) is 6.61 Å². The SMILES string of the molecule is COc1cccc(-n2cnnc2SCC(O)COc2ccc(Cl)cc2)c1. The zero-order valence-electron chi connectivity index (χ0n) is 14.1. The molecule has 136 valence electrons. The molecule has 26 heavy (non-hydrogen) atoms. The van der Waals surface area contributed by atoms with E-state index in [0.717, 1.165) is 11.4 Å². The van der Waals surface area contributed by atoms with Crippen LogP contribution in [-0.2, 0) is 0 Å². The lowest BCUT2D eigenvalue weighted by atomic mass is 10.3. The van der Waals surface area contributed by atoms with Gasteiger partial charge in [0, 0.05) is 16.8 Å². The van der Waals surface area contributed by atoms with Crippen molar-refractivity contribution in [3.05, 3.63) is 59.9 Å². The standard InChI is InChI=1S/C18H18ClN3O3S/c1-24-17-4-2-3-14(9-17)22-12-20-21-18(22)26-11-15(23)10-25-16-7-5-13(19)6-8-16/h2-9,12,15,23H,10-11H2,1H3. The summed E-state index contributed by atoms with van der Waals surface area (Å²) in [6.45, 7) is 0.182. The Morgan fingerprint density at radius 2 is 2.00 bits per heavy atom. The number of hydrogen-bond donors (Lipinski definition) is 1. The zero-order chi connectivity index (χ0) is 18.4. The lowest BCUT2D eigenvalue weighted by Crippen LogP contribution is -2.20. The van der Waals surface area contributed by atoms with Crippen molar-refractivity contribution in [3.63, 3.8) is 0 Å². The number of hydrogen-bond acceptors (Lipinski definition) is 6. The highest BCUT2D eigenvalue weighted by Crippen LogP contribution is 2.23. The first-order valence-corrected chi connectivity index (χ1v) is 9.26. The number of halogens is 1. The maximum atomic E-state index is 10.2. The van der Waals surface area contributed by atoms with Gasteiger partial charge < -0.3 is 14.6 Å². The van der Waals surface area contributed by atoms with Gasteiger partial charge in [0.15, 0.2) is 5.16 Å². The number of ether oxygens (including phenoxy) is 2. The van der Waals surface area contributed by atoms with Crippen molar-refractivity contribution >= 4 is 23.4 Å². The molecule has 0 aliphatic carbocycles. The molecule has 1 heterocycles. The Bertz CT molecular complexity index is 842. The molecular weight excluding hydrogens is 374 g/mol. The maximum absolute atomic E-state index is 10.2. The number of benzene rings is 2. The lowest BCUT2D eigenvalue weighted by molar-refractivity contribution is 0.126. The normalized spacial score (nSPS) is 12.0. The van der Waals surface area contributed by atoms with Crippen molar-refractivity contribution in [2.75, 3.05) is 19.5 Å². The van der Waals surface area contributed by atoms with Crippen molar-refractivity contribution in [2.24, 2.45) is 0 Å². The van der Waals surface area contributed by atoms with E-state index in [1.54, 1.807) is 37.7 Å². The highest BCUT2D eigenvalue weighted by atomic mass is 35.5. The molecule has 1 aromatic heterocycles. The van der Waals surface area contributed by atoms with Gasteiger partial charge in [-0.15, -0.1) is 10.2 Å². The number of methoxy groups -OCH3 is 1. The van der Waals surface area contributed by atoms with Crippen LogP contribution in [0, 0.1) is 0 Å². The molecule has 0 radical (unpaired) electrons. The van der Waals surface area contributed by atoms with Gasteiger partial charge in [-0.2, -0.15) is 0 Å². The number of aliphatic hydroxyl groups is 1. The fraction of sp³-hybridized carbons (Fsp3) is 0.222. The summed E-state index contributed by atoms with van der Waals surface area (Å²) in [5.41, 5.74) is 0.892. The zero-order valence-corrected chi connectivity index (χ0v) is 15.7.